The molecule has 1 aromatic rings. The second-order valence-electron chi connectivity index (χ2n) is 3.27. The summed E-state index contributed by atoms with van der Waals surface area (Å²) >= 11 is 0. The molecule has 1 unspecified atom stereocenters. The van der Waals surface area contributed by atoms with Crippen molar-refractivity contribution in [2.75, 3.05) is 0 Å². The Kier molecular flexibility index (Phi) is 3.02. The molecule has 0 radical (unpaired) electrons. The Labute approximate surface area is 79.1 Å². The zero-order chi connectivity index (χ0) is 9.73. The molecule has 13 heavy (non-hydrogen) atoms. The molecule has 0 aromatic heterocycles. The van der Waals surface area contributed by atoms with E-state index in [0.717, 1.165) is 11.8 Å². The highest BCUT2D eigenvalue weighted by molar-refractivity contribution is 5.71. The summed E-state index contributed by atoms with van der Waals surface area (Å²) in [7, 11) is 0. The smallest absolute Gasteiger partial charge is 0.134 e. The number of allylic oxidation sites excluding steroid dienone is 2. The van der Waals surface area contributed by atoms with Crippen LogP contribution in [0.2, 0.25) is 0 Å². The third kappa shape index (κ3) is 2.05. The van der Waals surface area contributed by atoms with Crippen molar-refractivity contribution in [3.8, 4) is 0 Å². The molecule has 0 N–H and O–H groups in total. The minimum atomic E-state index is -0.476. The van der Waals surface area contributed by atoms with Gasteiger partial charge in [-0.25, -0.2) is 0 Å². The molecular formula is C12H14O. The lowest BCUT2D eigenvalue weighted by Gasteiger charge is -2.18. The molecule has 1 atom stereocenters. The fourth-order valence-electron chi connectivity index (χ4n) is 1.35. The third-order valence-corrected chi connectivity index (χ3v) is 2.15. The quantitative estimate of drug-likeness (QED) is 0.508. The first-order chi connectivity index (χ1) is 6.23. The van der Waals surface area contributed by atoms with E-state index in [2.05, 4.69) is 0 Å². The first-order valence-corrected chi connectivity index (χ1v) is 4.38. The highest BCUT2D eigenvalue weighted by Crippen LogP contribution is 2.22. The lowest BCUT2D eigenvalue weighted by molar-refractivity contribution is -0.110. The predicted molar refractivity (Wildman–Crippen MR) is 54.7 cm³/mol. The molecule has 1 heteroatoms. The molecule has 0 heterocycles. The van der Waals surface area contributed by atoms with Gasteiger partial charge in [0.15, 0.2) is 0 Å². The molecule has 68 valence electrons. The number of benzene rings is 1. The molecule has 0 saturated heterocycles. The zero-order valence-corrected chi connectivity index (χ0v) is 8.03. The van der Waals surface area contributed by atoms with Crippen LogP contribution in [0.1, 0.15) is 19.4 Å². The minimum absolute atomic E-state index is 0.476. The van der Waals surface area contributed by atoms with Crippen LogP contribution >= 0.6 is 0 Å². The largest absolute Gasteiger partial charge is 0.302 e. The summed E-state index contributed by atoms with van der Waals surface area (Å²) in [4.78, 5) is 11.0. The van der Waals surface area contributed by atoms with Crippen molar-refractivity contribution in [3.05, 3.63) is 48.0 Å². The van der Waals surface area contributed by atoms with Crippen molar-refractivity contribution in [2.45, 2.75) is 19.3 Å². The number of carbonyl (C=O) groups is 1. The van der Waals surface area contributed by atoms with Gasteiger partial charge >= 0.3 is 0 Å². The molecule has 1 rings (SSSR count). The van der Waals surface area contributed by atoms with Crippen molar-refractivity contribution in [1.29, 1.82) is 0 Å². The van der Waals surface area contributed by atoms with Crippen LogP contribution in [-0.2, 0) is 10.2 Å². The second-order valence-corrected chi connectivity index (χ2v) is 3.27. The number of hydrogen-bond acceptors (Lipinski definition) is 1. The Balaban J connectivity index is 3.10. The van der Waals surface area contributed by atoms with E-state index in [1.54, 1.807) is 0 Å². The third-order valence-electron chi connectivity index (χ3n) is 2.15. The van der Waals surface area contributed by atoms with Crippen molar-refractivity contribution in [1.82, 2.24) is 0 Å². The fourth-order valence-corrected chi connectivity index (χ4v) is 1.35. The Morgan fingerprint density at radius 2 is 1.85 bits per heavy atom. The molecular weight excluding hydrogens is 160 g/mol. The van der Waals surface area contributed by atoms with Crippen molar-refractivity contribution >= 4 is 6.29 Å². The molecule has 0 spiro atoms. The maximum absolute atomic E-state index is 11.0. The highest BCUT2D eigenvalue weighted by atomic mass is 16.1. The Bertz CT molecular complexity index is 300. The zero-order valence-electron chi connectivity index (χ0n) is 8.03. The highest BCUT2D eigenvalue weighted by Gasteiger charge is 2.21. The SMILES string of the molecule is C/C=C/C(C)(C=O)c1ccccc1. The minimum Gasteiger partial charge on any atom is -0.302 e. The predicted octanol–water partition coefficient (Wildman–Crippen LogP) is 2.72. The molecule has 0 saturated carbocycles. The standard InChI is InChI=1S/C12H14O/c1-3-9-12(2,10-13)11-7-5-4-6-8-11/h3-10H,1-2H3/b9-3+. The van der Waals surface area contributed by atoms with Crippen molar-refractivity contribution in [2.24, 2.45) is 0 Å². The van der Waals surface area contributed by atoms with Gasteiger partial charge in [0.05, 0.1) is 5.41 Å². The monoisotopic (exact) mass is 174 g/mol. The summed E-state index contributed by atoms with van der Waals surface area (Å²) in [6.45, 7) is 3.83. The normalized spacial score (nSPS) is 15.5. The van der Waals surface area contributed by atoms with E-state index in [4.69, 9.17) is 0 Å². The second kappa shape index (κ2) is 4.04. The summed E-state index contributed by atoms with van der Waals surface area (Å²) in [5.41, 5.74) is 0.554. The van der Waals surface area contributed by atoms with Gasteiger partial charge in [0, 0.05) is 0 Å². The van der Waals surface area contributed by atoms with Gasteiger partial charge in [-0.05, 0) is 19.4 Å². The van der Waals surface area contributed by atoms with Gasteiger partial charge in [-0.3, -0.25) is 0 Å². The molecule has 1 aromatic carbocycles. The van der Waals surface area contributed by atoms with Gasteiger partial charge in [-0.1, -0.05) is 42.5 Å². The maximum Gasteiger partial charge on any atom is 0.134 e. The summed E-state index contributed by atoms with van der Waals surface area (Å²) in [6.07, 6.45) is 4.79. The maximum atomic E-state index is 11.0. The Morgan fingerprint density at radius 1 is 1.23 bits per heavy atom. The van der Waals surface area contributed by atoms with Crippen molar-refractivity contribution < 1.29 is 4.79 Å². The van der Waals surface area contributed by atoms with Crippen LogP contribution in [0, 0.1) is 0 Å². The molecule has 1 nitrogen and oxygen atoms in total. The number of rotatable bonds is 3. The van der Waals surface area contributed by atoms with Gasteiger partial charge in [0.2, 0.25) is 0 Å². The van der Waals surface area contributed by atoms with Gasteiger partial charge in [0.1, 0.15) is 6.29 Å². The average Bonchev–Trinajstić information content (AvgIpc) is 2.19. The average molecular weight is 174 g/mol. The summed E-state index contributed by atoms with van der Waals surface area (Å²) in [5.74, 6) is 0. The van der Waals surface area contributed by atoms with Crippen LogP contribution < -0.4 is 0 Å². The molecule has 0 aliphatic heterocycles. The fraction of sp³-hybridized carbons (Fsp3) is 0.250. The van der Waals surface area contributed by atoms with E-state index < -0.39 is 5.41 Å². The molecule has 0 aliphatic rings. The van der Waals surface area contributed by atoms with E-state index >= 15 is 0 Å². The van der Waals surface area contributed by atoms with Gasteiger partial charge < -0.3 is 4.79 Å². The topological polar surface area (TPSA) is 17.1 Å². The number of hydrogen-bond donors (Lipinski definition) is 0. The molecule has 0 amide bonds. The van der Waals surface area contributed by atoms with E-state index in [1.165, 1.54) is 0 Å². The van der Waals surface area contributed by atoms with E-state index in [-0.39, 0.29) is 0 Å². The van der Waals surface area contributed by atoms with Crippen LogP contribution in [0.4, 0.5) is 0 Å². The lowest BCUT2D eigenvalue weighted by atomic mass is 9.84. The van der Waals surface area contributed by atoms with Crippen molar-refractivity contribution in [3.63, 3.8) is 0 Å². The van der Waals surface area contributed by atoms with E-state index in [0.29, 0.717) is 0 Å². The number of aldehydes is 1. The van der Waals surface area contributed by atoms with E-state index in [1.807, 2.05) is 56.3 Å². The van der Waals surface area contributed by atoms with Crippen LogP contribution in [-0.4, -0.2) is 6.29 Å². The summed E-state index contributed by atoms with van der Waals surface area (Å²) in [5, 5.41) is 0. The van der Waals surface area contributed by atoms with Gasteiger partial charge in [0.25, 0.3) is 0 Å². The summed E-state index contributed by atoms with van der Waals surface area (Å²) < 4.78 is 0. The van der Waals surface area contributed by atoms with Crippen LogP contribution in [0.25, 0.3) is 0 Å². The first-order valence-electron chi connectivity index (χ1n) is 4.38. The first kappa shape index (κ1) is 9.72. The number of carbonyl (C=O) groups excluding carboxylic acids is 1. The van der Waals surface area contributed by atoms with Gasteiger partial charge in [-0.15, -0.1) is 0 Å². The molecule has 0 aliphatic carbocycles. The molecule has 0 fully saturated rings. The molecule has 0 bridgehead atoms. The van der Waals surface area contributed by atoms with Crippen LogP contribution in [0.3, 0.4) is 0 Å². The Hall–Kier alpha value is -1.37. The summed E-state index contributed by atoms with van der Waals surface area (Å²) in [6, 6.07) is 9.77. The van der Waals surface area contributed by atoms with Crippen LogP contribution in [0.15, 0.2) is 42.5 Å². The Morgan fingerprint density at radius 3 is 2.31 bits per heavy atom. The van der Waals surface area contributed by atoms with Gasteiger partial charge in [-0.2, -0.15) is 0 Å². The van der Waals surface area contributed by atoms with Crippen LogP contribution in [0.5, 0.6) is 0 Å². The lowest BCUT2D eigenvalue weighted by Crippen LogP contribution is -2.20. The van der Waals surface area contributed by atoms with E-state index in [9.17, 15) is 4.79 Å².